The summed E-state index contributed by atoms with van der Waals surface area (Å²) in [5.74, 6) is 0. The van der Waals surface area contributed by atoms with Crippen molar-refractivity contribution in [2.24, 2.45) is 5.41 Å². The number of nitrogens with zero attached hydrogens (tertiary/aromatic N) is 3. The Kier molecular flexibility index (Phi) is 8.30. The van der Waals surface area contributed by atoms with E-state index in [-0.39, 0.29) is 30.9 Å². The number of fused-ring (bicyclic) bond motifs is 7. The van der Waals surface area contributed by atoms with Gasteiger partial charge in [0.15, 0.2) is 0 Å². The van der Waals surface area contributed by atoms with Gasteiger partial charge in [-0.15, -0.1) is 59.5 Å². The Balaban J connectivity index is 0.000000189. The minimum Gasteiger partial charge on any atom is -0.351 e. The van der Waals surface area contributed by atoms with Gasteiger partial charge in [-0.05, 0) is 90.2 Å². The summed E-state index contributed by atoms with van der Waals surface area (Å²) in [7, 11) is 0. The second-order valence-electron chi connectivity index (χ2n) is 15.2. The molecule has 0 amide bonds. The van der Waals surface area contributed by atoms with Gasteiger partial charge in [0, 0.05) is 43.5 Å². The molecule has 4 aromatic heterocycles. The van der Waals surface area contributed by atoms with E-state index in [1.165, 1.54) is 60.0 Å². The van der Waals surface area contributed by atoms with E-state index >= 15 is 0 Å². The van der Waals surface area contributed by atoms with Crippen LogP contribution < -0.4 is 0 Å². The molecule has 3 nitrogen and oxygen atoms in total. The number of benzene rings is 5. The van der Waals surface area contributed by atoms with E-state index in [1.807, 2.05) is 42.7 Å². The monoisotopic (exact) mass is 814 g/mol. The van der Waals surface area contributed by atoms with Gasteiger partial charge in [-0.2, -0.15) is 0 Å². The van der Waals surface area contributed by atoms with E-state index in [1.54, 1.807) is 0 Å². The molecule has 0 N–H and O–H groups in total. The minimum atomic E-state index is 0. The first kappa shape index (κ1) is 32.9. The first-order valence-electron chi connectivity index (χ1n) is 16.8. The number of pyridine rings is 3. The standard InChI is InChI=1S/C30H23N2.C15H16N.Ir/c1-30(2,3)17-18-8-6-10-19-21-14-15-31-28-23-12-7-11-22-20-9-4-5-13-25(20)32(29(22)23)26(27(21)28)16-24(18)19;1-15(2,3)13-9-10-14(16-11-13)12-7-5-4-6-8-12;/h4-11,13-16H,17H2,1-3H3;4-7,9-11H,1-3H3;/q2*-1;. The summed E-state index contributed by atoms with van der Waals surface area (Å²) < 4.78 is 2.45. The molecule has 4 heteroatoms. The Morgan fingerprint density at radius 3 is 2.18 bits per heavy atom. The second-order valence-corrected chi connectivity index (χ2v) is 15.2. The van der Waals surface area contributed by atoms with Gasteiger partial charge in [0.05, 0.1) is 0 Å². The van der Waals surface area contributed by atoms with Crippen LogP contribution in [0.5, 0.6) is 0 Å². The summed E-state index contributed by atoms with van der Waals surface area (Å²) in [5, 5.41) is 8.79. The molecule has 1 radical (unpaired) electrons. The summed E-state index contributed by atoms with van der Waals surface area (Å²) in [6.45, 7) is 13.5. The smallest absolute Gasteiger partial charge is 0.0435 e. The van der Waals surface area contributed by atoms with Crippen LogP contribution in [0.3, 0.4) is 0 Å². The van der Waals surface area contributed by atoms with Crippen LogP contribution in [-0.2, 0) is 31.9 Å². The molecule has 0 bridgehead atoms. The molecule has 0 aliphatic heterocycles. The van der Waals surface area contributed by atoms with Gasteiger partial charge in [0.1, 0.15) is 0 Å². The maximum atomic E-state index is 4.88. The molecular formula is C45H39IrN3-2. The Bertz CT molecular complexity index is 2590. The Morgan fingerprint density at radius 2 is 1.45 bits per heavy atom. The zero-order chi connectivity index (χ0) is 33.2. The van der Waals surface area contributed by atoms with Crippen molar-refractivity contribution in [2.45, 2.75) is 53.4 Å². The van der Waals surface area contributed by atoms with E-state index in [2.05, 4.69) is 136 Å². The minimum absolute atomic E-state index is 0. The molecule has 5 aromatic carbocycles. The van der Waals surface area contributed by atoms with Crippen LogP contribution in [0.15, 0.2) is 116 Å². The van der Waals surface area contributed by atoms with Gasteiger partial charge in [0.25, 0.3) is 0 Å². The molecule has 4 heterocycles. The first-order valence-corrected chi connectivity index (χ1v) is 16.8. The Labute approximate surface area is 301 Å². The van der Waals surface area contributed by atoms with Gasteiger partial charge in [0.2, 0.25) is 0 Å². The van der Waals surface area contributed by atoms with Crippen LogP contribution in [0.2, 0.25) is 0 Å². The topological polar surface area (TPSA) is 30.2 Å². The molecule has 0 aliphatic carbocycles. The molecule has 0 aliphatic rings. The molecule has 0 saturated carbocycles. The first-order chi connectivity index (χ1) is 23.1. The zero-order valence-electron chi connectivity index (χ0n) is 28.9. The van der Waals surface area contributed by atoms with Crippen LogP contribution in [0.1, 0.15) is 52.7 Å². The third-order valence-corrected chi connectivity index (χ3v) is 9.42. The number of hydrogen-bond acceptors (Lipinski definition) is 2. The largest absolute Gasteiger partial charge is 0.351 e. The number of hydrogen-bond donors (Lipinski definition) is 0. The maximum Gasteiger partial charge on any atom is 0.0435 e. The van der Waals surface area contributed by atoms with E-state index in [0.717, 1.165) is 28.6 Å². The molecule has 0 saturated heterocycles. The Hall–Kier alpha value is -4.63. The van der Waals surface area contributed by atoms with E-state index in [0.29, 0.717) is 0 Å². The van der Waals surface area contributed by atoms with Gasteiger partial charge >= 0.3 is 0 Å². The summed E-state index contributed by atoms with van der Waals surface area (Å²) in [6, 6.07) is 43.1. The molecule has 0 atom stereocenters. The maximum absolute atomic E-state index is 4.88. The van der Waals surface area contributed by atoms with E-state index in [9.17, 15) is 0 Å². The van der Waals surface area contributed by atoms with Crippen LogP contribution in [0, 0.1) is 17.5 Å². The molecule has 0 unspecified atom stereocenters. The molecule has 9 rings (SSSR count). The molecule has 245 valence electrons. The third kappa shape index (κ3) is 5.77. The van der Waals surface area contributed by atoms with E-state index < -0.39 is 0 Å². The SMILES string of the molecule is CC(C)(C)Cc1cccc2c1cc1c3c2ccnc3c2[c-]ccc3c4ccccc4n1c23.CC(C)(C)c1ccc(-c2[c-]cccc2)nc1.[Ir]. The van der Waals surface area contributed by atoms with E-state index in [4.69, 9.17) is 4.98 Å². The molecule has 49 heavy (non-hydrogen) atoms. The van der Waals surface area contributed by atoms with Crippen molar-refractivity contribution in [3.63, 3.8) is 0 Å². The van der Waals surface area contributed by atoms with Crippen molar-refractivity contribution in [3.8, 4) is 11.3 Å². The average molecular weight is 814 g/mol. The van der Waals surface area contributed by atoms with Crippen molar-refractivity contribution in [1.29, 1.82) is 0 Å². The average Bonchev–Trinajstić information content (AvgIpc) is 3.42. The van der Waals surface area contributed by atoms with Crippen LogP contribution in [0.4, 0.5) is 0 Å². The molecule has 0 fully saturated rings. The predicted octanol–water partition coefficient (Wildman–Crippen LogP) is 11.8. The van der Waals surface area contributed by atoms with Gasteiger partial charge < -0.3 is 14.4 Å². The zero-order valence-corrected chi connectivity index (χ0v) is 31.2. The van der Waals surface area contributed by atoms with Crippen molar-refractivity contribution in [3.05, 3.63) is 139 Å². The summed E-state index contributed by atoms with van der Waals surface area (Å²) in [6.07, 6.45) is 4.96. The van der Waals surface area contributed by atoms with Crippen LogP contribution >= 0.6 is 0 Å². The fraction of sp³-hybridized carbons (Fsp3) is 0.200. The molecule has 9 aromatic rings. The van der Waals surface area contributed by atoms with Crippen LogP contribution in [0.25, 0.3) is 71.0 Å². The Morgan fingerprint density at radius 1 is 0.653 bits per heavy atom. The fourth-order valence-electron chi connectivity index (χ4n) is 7.20. The third-order valence-electron chi connectivity index (χ3n) is 9.42. The van der Waals surface area contributed by atoms with Crippen molar-refractivity contribution in [2.75, 3.05) is 0 Å². The van der Waals surface area contributed by atoms with Crippen molar-refractivity contribution in [1.82, 2.24) is 14.4 Å². The van der Waals surface area contributed by atoms with Gasteiger partial charge in [-0.25, -0.2) is 0 Å². The van der Waals surface area contributed by atoms with Crippen LogP contribution in [-0.4, -0.2) is 14.4 Å². The van der Waals surface area contributed by atoms with Gasteiger partial charge in [-0.3, -0.25) is 0 Å². The fourth-order valence-corrected chi connectivity index (χ4v) is 7.20. The number of para-hydroxylation sites is 1. The van der Waals surface area contributed by atoms with Crippen molar-refractivity contribution >= 4 is 59.8 Å². The summed E-state index contributed by atoms with van der Waals surface area (Å²) >= 11 is 0. The second kappa shape index (κ2) is 12.4. The molecule has 0 spiro atoms. The number of aromatic nitrogens is 3. The predicted molar refractivity (Wildman–Crippen MR) is 203 cm³/mol. The quantitative estimate of drug-likeness (QED) is 0.0989. The summed E-state index contributed by atoms with van der Waals surface area (Å²) in [5.41, 5.74) is 9.80. The van der Waals surface area contributed by atoms with Gasteiger partial charge in [-0.1, -0.05) is 95.5 Å². The normalized spacial score (nSPS) is 12.2. The summed E-state index contributed by atoms with van der Waals surface area (Å²) in [4.78, 5) is 9.36. The van der Waals surface area contributed by atoms with Crippen molar-refractivity contribution < 1.29 is 20.1 Å². The molecular weight excluding hydrogens is 775 g/mol. The number of rotatable bonds is 2.